The van der Waals surface area contributed by atoms with Crippen molar-refractivity contribution in [3.63, 3.8) is 0 Å². The molecule has 2 atom stereocenters. The van der Waals surface area contributed by atoms with Crippen LogP contribution in [0.1, 0.15) is 259 Å². The summed E-state index contributed by atoms with van der Waals surface area (Å²) < 4.78 is 16.7. The number of hydrogen-bond donors (Lipinski definition) is 0. The molecular formula is C48H92O6. The Hall–Kier alpha value is -1.59. The lowest BCUT2D eigenvalue weighted by Gasteiger charge is -2.18. The van der Waals surface area contributed by atoms with Crippen LogP contribution in [0.4, 0.5) is 0 Å². The van der Waals surface area contributed by atoms with Crippen LogP contribution in [-0.4, -0.2) is 37.2 Å². The highest BCUT2D eigenvalue weighted by molar-refractivity contribution is 5.71. The Balaban J connectivity index is 4.32. The van der Waals surface area contributed by atoms with Crippen LogP contribution in [0.2, 0.25) is 0 Å². The Morgan fingerprint density at radius 1 is 0.389 bits per heavy atom. The number of carbonyl (C=O) groups is 3. The highest BCUT2D eigenvalue weighted by Gasteiger charge is 2.19. The predicted molar refractivity (Wildman–Crippen MR) is 229 cm³/mol. The van der Waals surface area contributed by atoms with E-state index in [1.807, 2.05) is 0 Å². The quantitative estimate of drug-likeness (QED) is 0.0350. The van der Waals surface area contributed by atoms with E-state index < -0.39 is 6.10 Å². The smallest absolute Gasteiger partial charge is 0.306 e. The normalized spacial score (nSPS) is 12.6. The van der Waals surface area contributed by atoms with Crippen molar-refractivity contribution in [2.24, 2.45) is 11.8 Å². The molecule has 0 fully saturated rings. The van der Waals surface area contributed by atoms with Gasteiger partial charge in [0.15, 0.2) is 6.10 Å². The Morgan fingerprint density at radius 2 is 0.704 bits per heavy atom. The van der Waals surface area contributed by atoms with Crippen molar-refractivity contribution in [2.45, 2.75) is 265 Å². The molecule has 0 aromatic carbocycles. The second kappa shape index (κ2) is 41.1. The van der Waals surface area contributed by atoms with E-state index in [0.717, 1.165) is 69.6 Å². The first-order valence-corrected chi connectivity index (χ1v) is 23.8. The number of rotatable bonds is 42. The van der Waals surface area contributed by atoms with Gasteiger partial charge in [-0.05, 0) is 31.1 Å². The first-order chi connectivity index (χ1) is 26.3. The molecule has 6 heteroatoms. The molecule has 0 N–H and O–H groups in total. The third-order valence-corrected chi connectivity index (χ3v) is 11.1. The van der Waals surface area contributed by atoms with Crippen LogP contribution in [0.5, 0.6) is 0 Å². The molecule has 0 rings (SSSR count). The molecule has 54 heavy (non-hydrogen) atoms. The van der Waals surface area contributed by atoms with Gasteiger partial charge in [-0.3, -0.25) is 14.4 Å². The first kappa shape index (κ1) is 52.4. The van der Waals surface area contributed by atoms with Gasteiger partial charge in [-0.25, -0.2) is 0 Å². The van der Waals surface area contributed by atoms with Crippen molar-refractivity contribution in [2.75, 3.05) is 13.2 Å². The molecule has 1 unspecified atom stereocenters. The van der Waals surface area contributed by atoms with Gasteiger partial charge >= 0.3 is 17.9 Å². The van der Waals surface area contributed by atoms with Crippen LogP contribution in [0.3, 0.4) is 0 Å². The topological polar surface area (TPSA) is 78.9 Å². The maximum Gasteiger partial charge on any atom is 0.306 e. The van der Waals surface area contributed by atoms with Crippen molar-refractivity contribution < 1.29 is 28.6 Å². The van der Waals surface area contributed by atoms with E-state index in [9.17, 15) is 14.4 Å². The van der Waals surface area contributed by atoms with Gasteiger partial charge in [0.2, 0.25) is 0 Å². The largest absolute Gasteiger partial charge is 0.462 e. The Morgan fingerprint density at radius 3 is 1.06 bits per heavy atom. The molecule has 0 amide bonds. The number of ether oxygens (including phenoxy) is 3. The zero-order chi connectivity index (χ0) is 39.7. The summed E-state index contributed by atoms with van der Waals surface area (Å²) in [6, 6.07) is 0. The van der Waals surface area contributed by atoms with Crippen LogP contribution < -0.4 is 0 Å². The molecule has 0 aliphatic rings. The molecule has 0 bridgehead atoms. The van der Waals surface area contributed by atoms with E-state index in [4.69, 9.17) is 14.2 Å². The zero-order valence-corrected chi connectivity index (χ0v) is 36.8. The van der Waals surface area contributed by atoms with E-state index in [1.165, 1.54) is 148 Å². The van der Waals surface area contributed by atoms with Gasteiger partial charge in [-0.15, -0.1) is 0 Å². The summed E-state index contributed by atoms with van der Waals surface area (Å²) in [7, 11) is 0. The minimum absolute atomic E-state index is 0.0652. The molecule has 0 aromatic rings. The number of carbonyl (C=O) groups excluding carboxylic acids is 3. The summed E-state index contributed by atoms with van der Waals surface area (Å²) in [6.45, 7) is 11.3. The summed E-state index contributed by atoms with van der Waals surface area (Å²) in [4.78, 5) is 37.7. The minimum atomic E-state index is -0.761. The van der Waals surface area contributed by atoms with E-state index in [1.54, 1.807) is 0 Å². The van der Waals surface area contributed by atoms with Crippen molar-refractivity contribution in [1.29, 1.82) is 0 Å². The van der Waals surface area contributed by atoms with Gasteiger partial charge in [-0.2, -0.15) is 0 Å². The average Bonchev–Trinajstić information content (AvgIpc) is 3.15. The van der Waals surface area contributed by atoms with Crippen LogP contribution in [0, 0.1) is 11.8 Å². The zero-order valence-electron chi connectivity index (χ0n) is 36.8. The summed E-state index contributed by atoms with van der Waals surface area (Å²) >= 11 is 0. The van der Waals surface area contributed by atoms with Crippen LogP contribution >= 0.6 is 0 Å². The Labute approximate surface area is 336 Å². The first-order valence-electron chi connectivity index (χ1n) is 23.8. The van der Waals surface area contributed by atoms with Gasteiger partial charge < -0.3 is 14.2 Å². The standard InChI is InChI=1S/C48H92O6/c1-6-8-9-10-11-12-13-16-19-22-28-33-38-46(49)52-41-45(54-48(51)40-35-30-25-24-27-32-37-44(5)7-2)42-53-47(50)39-34-29-23-20-17-14-15-18-21-26-31-36-43(3)4/h43-45H,6-42H2,1-5H3/t44?,45-/m0/s1. The van der Waals surface area contributed by atoms with E-state index in [2.05, 4.69) is 34.6 Å². The predicted octanol–water partition coefficient (Wildman–Crippen LogP) is 15.0. The SMILES string of the molecule is CCCCCCCCCCCCCCC(=O)OC[C@@H](COC(=O)CCCCCCCCCCCCCC(C)C)OC(=O)CCCCCCCCC(C)CC. The third-order valence-electron chi connectivity index (χ3n) is 11.1. The number of hydrogen-bond acceptors (Lipinski definition) is 6. The maximum atomic E-state index is 12.7. The van der Waals surface area contributed by atoms with E-state index in [-0.39, 0.29) is 31.1 Å². The van der Waals surface area contributed by atoms with Crippen molar-refractivity contribution >= 4 is 17.9 Å². The molecule has 0 saturated carbocycles. The molecular weight excluding hydrogens is 673 g/mol. The summed E-state index contributed by atoms with van der Waals surface area (Å²) in [5.41, 5.74) is 0. The molecule has 0 radical (unpaired) electrons. The van der Waals surface area contributed by atoms with Crippen molar-refractivity contribution in [3.05, 3.63) is 0 Å². The third kappa shape index (κ3) is 40.1. The average molecular weight is 765 g/mol. The minimum Gasteiger partial charge on any atom is -0.462 e. The fraction of sp³-hybridized carbons (Fsp3) is 0.938. The molecule has 0 aliphatic heterocycles. The lowest BCUT2D eigenvalue weighted by molar-refractivity contribution is -0.167. The number of esters is 3. The fourth-order valence-corrected chi connectivity index (χ4v) is 7.07. The van der Waals surface area contributed by atoms with Gasteiger partial charge in [0.25, 0.3) is 0 Å². The van der Waals surface area contributed by atoms with E-state index >= 15 is 0 Å². The molecule has 0 aliphatic carbocycles. The summed E-state index contributed by atoms with van der Waals surface area (Å²) in [5.74, 6) is 0.779. The molecule has 0 aromatic heterocycles. The van der Waals surface area contributed by atoms with Gasteiger partial charge in [0.05, 0.1) is 0 Å². The second-order valence-corrected chi connectivity index (χ2v) is 17.1. The molecule has 0 heterocycles. The Kier molecular flexibility index (Phi) is 39.8. The van der Waals surface area contributed by atoms with Crippen LogP contribution in [0.25, 0.3) is 0 Å². The second-order valence-electron chi connectivity index (χ2n) is 17.1. The Bertz CT molecular complexity index is 826. The molecule has 0 spiro atoms. The van der Waals surface area contributed by atoms with Gasteiger partial charge in [-0.1, -0.05) is 221 Å². The van der Waals surface area contributed by atoms with E-state index in [0.29, 0.717) is 19.3 Å². The summed E-state index contributed by atoms with van der Waals surface area (Å²) in [6.07, 6.45) is 39.4. The molecule has 320 valence electrons. The molecule has 0 saturated heterocycles. The maximum absolute atomic E-state index is 12.7. The van der Waals surface area contributed by atoms with Crippen LogP contribution in [0.15, 0.2) is 0 Å². The summed E-state index contributed by atoms with van der Waals surface area (Å²) in [5, 5.41) is 0. The lowest BCUT2D eigenvalue weighted by Crippen LogP contribution is -2.30. The van der Waals surface area contributed by atoms with Crippen LogP contribution in [-0.2, 0) is 28.6 Å². The van der Waals surface area contributed by atoms with Gasteiger partial charge in [0.1, 0.15) is 13.2 Å². The fourth-order valence-electron chi connectivity index (χ4n) is 7.07. The van der Waals surface area contributed by atoms with Crippen molar-refractivity contribution in [3.8, 4) is 0 Å². The van der Waals surface area contributed by atoms with Crippen molar-refractivity contribution in [1.82, 2.24) is 0 Å². The van der Waals surface area contributed by atoms with Gasteiger partial charge in [0, 0.05) is 19.3 Å². The monoisotopic (exact) mass is 765 g/mol. The number of unbranched alkanes of at least 4 members (excludes halogenated alkanes) is 26. The lowest BCUT2D eigenvalue weighted by atomic mass is 10.00. The highest BCUT2D eigenvalue weighted by atomic mass is 16.6. The highest BCUT2D eigenvalue weighted by Crippen LogP contribution is 2.17. The molecule has 6 nitrogen and oxygen atoms in total.